The summed E-state index contributed by atoms with van der Waals surface area (Å²) in [7, 11) is -2.14. The Morgan fingerprint density at radius 3 is 2.21 bits per heavy atom. The van der Waals surface area contributed by atoms with Gasteiger partial charge in [-0.2, -0.15) is 5.10 Å². The fraction of sp³-hybridized carbons (Fsp3) is 0.167. The van der Waals surface area contributed by atoms with Crippen LogP contribution in [0.25, 0.3) is 16.9 Å². The average molecular weight is 388 g/mol. The second-order valence-corrected chi connectivity index (χ2v) is 9.44. The summed E-state index contributed by atoms with van der Waals surface area (Å²) in [6.07, 6.45) is 0.987. The Morgan fingerprint density at radius 2 is 1.67 bits per heavy atom. The minimum Gasteiger partial charge on any atom is -0.221 e. The van der Waals surface area contributed by atoms with Crippen molar-refractivity contribution in [3.8, 4) is 5.69 Å². The molecule has 0 aliphatic carbocycles. The Balaban J connectivity index is 2.17. The SMILES string of the molecule is Cc1nn(-c2ccc(S(=O)(=O)Cl)cc2)c2nnc(S(C)(=O)=O)nc12. The number of aromatic nitrogens is 5. The molecule has 0 atom stereocenters. The van der Waals surface area contributed by atoms with E-state index < -0.39 is 18.9 Å². The van der Waals surface area contributed by atoms with Gasteiger partial charge in [0.05, 0.1) is 16.3 Å². The van der Waals surface area contributed by atoms with Crippen molar-refractivity contribution in [3.05, 3.63) is 30.0 Å². The van der Waals surface area contributed by atoms with Crippen LogP contribution in [0.4, 0.5) is 0 Å². The van der Waals surface area contributed by atoms with Crippen molar-refractivity contribution in [1.29, 1.82) is 0 Å². The zero-order valence-corrected chi connectivity index (χ0v) is 14.8. The molecule has 12 heteroatoms. The molecule has 0 N–H and O–H groups in total. The molecule has 3 aromatic rings. The first-order chi connectivity index (χ1) is 11.1. The van der Waals surface area contributed by atoms with E-state index in [0.717, 1.165) is 6.26 Å². The van der Waals surface area contributed by atoms with Gasteiger partial charge in [0.15, 0.2) is 0 Å². The molecule has 0 aliphatic heterocycles. The van der Waals surface area contributed by atoms with E-state index in [9.17, 15) is 16.8 Å². The lowest BCUT2D eigenvalue weighted by Crippen LogP contribution is -2.07. The highest BCUT2D eigenvalue weighted by Gasteiger charge is 2.18. The molecule has 0 aliphatic rings. The number of halogens is 1. The predicted octanol–water partition coefficient (Wildman–Crippen LogP) is 0.850. The lowest BCUT2D eigenvalue weighted by atomic mass is 10.3. The van der Waals surface area contributed by atoms with E-state index in [1.54, 1.807) is 6.92 Å². The van der Waals surface area contributed by atoms with Crippen LogP contribution in [0.2, 0.25) is 0 Å². The number of fused-ring (bicyclic) bond motifs is 1. The Morgan fingerprint density at radius 1 is 1.04 bits per heavy atom. The van der Waals surface area contributed by atoms with E-state index in [4.69, 9.17) is 10.7 Å². The fourth-order valence-corrected chi connectivity index (χ4v) is 3.24. The molecule has 0 bridgehead atoms. The van der Waals surface area contributed by atoms with Crippen molar-refractivity contribution in [2.45, 2.75) is 17.0 Å². The summed E-state index contributed by atoms with van der Waals surface area (Å²) in [6, 6.07) is 5.64. The third-order valence-corrected chi connectivity index (χ3v) is 5.34. The van der Waals surface area contributed by atoms with Crippen LogP contribution in [0.5, 0.6) is 0 Å². The molecular weight excluding hydrogens is 378 g/mol. The van der Waals surface area contributed by atoms with Crippen LogP contribution in [0, 0.1) is 6.92 Å². The number of benzene rings is 1. The first-order valence-electron chi connectivity index (χ1n) is 6.42. The minimum atomic E-state index is -3.83. The monoisotopic (exact) mass is 387 g/mol. The van der Waals surface area contributed by atoms with Gasteiger partial charge in [0.1, 0.15) is 5.52 Å². The van der Waals surface area contributed by atoms with E-state index in [2.05, 4.69) is 20.3 Å². The normalized spacial score (nSPS) is 12.6. The standard InChI is InChI=1S/C12H10ClN5O4S2/c1-7-10-11(15-16-12(14-10)23(2,19)20)18(17-7)8-3-5-9(6-4-8)24(13,21)22/h3-6H,1-2H3. The molecule has 0 spiro atoms. The summed E-state index contributed by atoms with van der Waals surface area (Å²) >= 11 is 0. The number of nitrogens with zero attached hydrogens (tertiary/aromatic N) is 5. The fourth-order valence-electron chi connectivity index (χ4n) is 2.02. The second kappa shape index (κ2) is 5.46. The van der Waals surface area contributed by atoms with Crippen LogP contribution in [0.15, 0.2) is 34.3 Å². The zero-order chi connectivity index (χ0) is 17.7. The van der Waals surface area contributed by atoms with Crippen molar-refractivity contribution >= 4 is 40.7 Å². The third kappa shape index (κ3) is 2.97. The molecule has 0 fully saturated rings. The average Bonchev–Trinajstić information content (AvgIpc) is 2.82. The summed E-state index contributed by atoms with van der Waals surface area (Å²) in [5.74, 6) is 0. The van der Waals surface area contributed by atoms with Crippen molar-refractivity contribution in [2.75, 3.05) is 6.26 Å². The summed E-state index contributed by atoms with van der Waals surface area (Å²) in [4.78, 5) is 3.94. The highest BCUT2D eigenvalue weighted by atomic mass is 35.7. The topological polar surface area (TPSA) is 125 Å². The summed E-state index contributed by atoms with van der Waals surface area (Å²) in [5, 5.41) is 11.3. The van der Waals surface area contributed by atoms with Gasteiger partial charge < -0.3 is 0 Å². The molecule has 126 valence electrons. The maximum Gasteiger partial charge on any atom is 0.267 e. The molecule has 1 aromatic carbocycles. The predicted molar refractivity (Wildman–Crippen MR) is 85.3 cm³/mol. The van der Waals surface area contributed by atoms with E-state index in [1.165, 1.54) is 28.9 Å². The van der Waals surface area contributed by atoms with Gasteiger partial charge in [0.25, 0.3) is 14.2 Å². The third-order valence-electron chi connectivity index (χ3n) is 3.14. The number of aryl methyl sites for hydroxylation is 1. The summed E-state index contributed by atoms with van der Waals surface area (Å²) < 4.78 is 47.0. The maximum absolute atomic E-state index is 11.5. The number of hydrogen-bond donors (Lipinski definition) is 0. The smallest absolute Gasteiger partial charge is 0.221 e. The first-order valence-corrected chi connectivity index (χ1v) is 10.6. The van der Waals surface area contributed by atoms with Gasteiger partial charge in [0, 0.05) is 16.9 Å². The number of hydrogen-bond acceptors (Lipinski definition) is 8. The molecule has 24 heavy (non-hydrogen) atoms. The molecule has 9 nitrogen and oxygen atoms in total. The quantitative estimate of drug-likeness (QED) is 0.605. The molecule has 2 heterocycles. The van der Waals surface area contributed by atoms with Crippen LogP contribution < -0.4 is 0 Å². The number of sulfone groups is 1. The molecular formula is C12H10ClN5O4S2. The Kier molecular flexibility index (Phi) is 3.81. The maximum atomic E-state index is 11.5. The van der Waals surface area contributed by atoms with Crippen molar-refractivity contribution in [1.82, 2.24) is 25.0 Å². The molecule has 0 saturated heterocycles. The Labute approximate surface area is 141 Å². The lowest BCUT2D eigenvalue weighted by molar-refractivity contribution is 0.590. The molecule has 0 amide bonds. The van der Waals surface area contributed by atoms with Crippen LogP contribution >= 0.6 is 10.7 Å². The van der Waals surface area contributed by atoms with Crippen molar-refractivity contribution < 1.29 is 16.8 Å². The van der Waals surface area contributed by atoms with Gasteiger partial charge in [-0.1, -0.05) is 0 Å². The largest absolute Gasteiger partial charge is 0.267 e. The zero-order valence-electron chi connectivity index (χ0n) is 12.4. The van der Waals surface area contributed by atoms with Gasteiger partial charge in [-0.05, 0) is 31.2 Å². The van der Waals surface area contributed by atoms with E-state index in [0.29, 0.717) is 16.9 Å². The van der Waals surface area contributed by atoms with Gasteiger partial charge in [-0.15, -0.1) is 10.2 Å². The molecule has 0 radical (unpaired) electrons. The van der Waals surface area contributed by atoms with Crippen molar-refractivity contribution in [3.63, 3.8) is 0 Å². The lowest BCUT2D eigenvalue weighted by Gasteiger charge is -2.03. The highest BCUT2D eigenvalue weighted by Crippen LogP contribution is 2.21. The Hall–Kier alpha value is -2.11. The van der Waals surface area contributed by atoms with Gasteiger partial charge in [-0.3, -0.25) is 0 Å². The van der Waals surface area contributed by atoms with Gasteiger partial charge >= 0.3 is 0 Å². The second-order valence-electron chi connectivity index (χ2n) is 4.97. The molecule has 3 rings (SSSR count). The van der Waals surface area contributed by atoms with E-state index >= 15 is 0 Å². The first kappa shape index (κ1) is 16.7. The molecule has 0 unspecified atom stereocenters. The van der Waals surface area contributed by atoms with Crippen LogP contribution in [-0.4, -0.2) is 48.1 Å². The van der Waals surface area contributed by atoms with Gasteiger partial charge in [0.2, 0.25) is 15.5 Å². The van der Waals surface area contributed by atoms with Crippen LogP contribution in [0.3, 0.4) is 0 Å². The molecule has 0 saturated carbocycles. The molecule has 2 aromatic heterocycles. The van der Waals surface area contributed by atoms with Crippen LogP contribution in [-0.2, 0) is 18.9 Å². The van der Waals surface area contributed by atoms with Gasteiger partial charge in [-0.25, -0.2) is 26.5 Å². The summed E-state index contributed by atoms with van der Waals surface area (Å²) in [5.41, 5.74) is 1.50. The highest BCUT2D eigenvalue weighted by molar-refractivity contribution is 8.13. The van der Waals surface area contributed by atoms with E-state index in [-0.39, 0.29) is 15.7 Å². The Bertz CT molecular complexity index is 1150. The van der Waals surface area contributed by atoms with Crippen LogP contribution in [0.1, 0.15) is 5.69 Å². The van der Waals surface area contributed by atoms with Crippen molar-refractivity contribution in [2.24, 2.45) is 0 Å². The number of rotatable bonds is 3. The van der Waals surface area contributed by atoms with E-state index in [1.807, 2.05) is 0 Å². The minimum absolute atomic E-state index is 0.0512. The summed E-state index contributed by atoms with van der Waals surface area (Å²) in [6.45, 7) is 1.65.